The van der Waals surface area contributed by atoms with E-state index in [0.29, 0.717) is 0 Å². The molecule has 1 saturated heterocycles. The Morgan fingerprint density at radius 2 is 1.68 bits per heavy atom. The Morgan fingerprint density at radius 1 is 1.05 bits per heavy atom. The second-order valence-corrected chi connectivity index (χ2v) is 5.83. The number of carbonyl (C=O) groups is 1. The van der Waals surface area contributed by atoms with Crippen LogP contribution in [0.1, 0.15) is 17.0 Å². The van der Waals surface area contributed by atoms with Crippen LogP contribution in [0.3, 0.4) is 0 Å². The lowest BCUT2D eigenvalue weighted by molar-refractivity contribution is -0.145. The average Bonchev–Trinajstić information content (AvgIpc) is 3.00. The highest BCUT2D eigenvalue weighted by Gasteiger charge is 2.38. The van der Waals surface area contributed by atoms with Gasteiger partial charge in [-0.25, -0.2) is 0 Å². The summed E-state index contributed by atoms with van der Waals surface area (Å²) < 4.78 is 5.02. The predicted molar refractivity (Wildman–Crippen MR) is 86.4 cm³/mol. The van der Waals surface area contributed by atoms with E-state index in [1.54, 1.807) is 0 Å². The summed E-state index contributed by atoms with van der Waals surface area (Å²) in [6, 6.07) is 20.7. The summed E-state index contributed by atoms with van der Waals surface area (Å²) in [6.45, 7) is 2.51. The number of hydrogen-bond donors (Lipinski definition) is 0. The molecule has 0 aliphatic carbocycles. The van der Waals surface area contributed by atoms with Crippen molar-refractivity contribution in [3.8, 4) is 0 Å². The van der Waals surface area contributed by atoms with Gasteiger partial charge in [0.25, 0.3) is 0 Å². The van der Waals surface area contributed by atoms with E-state index in [4.69, 9.17) is 4.74 Å². The fourth-order valence-corrected chi connectivity index (χ4v) is 3.28. The van der Waals surface area contributed by atoms with Crippen LogP contribution in [0.15, 0.2) is 60.7 Å². The Kier molecular flexibility index (Phi) is 4.54. The summed E-state index contributed by atoms with van der Waals surface area (Å²) in [5.41, 5.74) is 2.49. The van der Waals surface area contributed by atoms with Crippen molar-refractivity contribution in [2.75, 3.05) is 20.2 Å². The van der Waals surface area contributed by atoms with Crippen LogP contribution in [0.25, 0.3) is 0 Å². The first-order valence-electron chi connectivity index (χ1n) is 7.67. The van der Waals surface area contributed by atoms with Crippen molar-refractivity contribution in [1.29, 1.82) is 0 Å². The molecule has 114 valence electrons. The number of esters is 1. The van der Waals surface area contributed by atoms with E-state index in [1.807, 2.05) is 24.3 Å². The van der Waals surface area contributed by atoms with E-state index < -0.39 is 0 Å². The van der Waals surface area contributed by atoms with Crippen molar-refractivity contribution in [2.45, 2.75) is 12.5 Å². The van der Waals surface area contributed by atoms with Crippen LogP contribution < -0.4 is 0 Å². The number of nitrogens with zero attached hydrogens (tertiary/aromatic N) is 1. The standard InChI is InChI=1S/C19H21NO2/c1-22-19(21)18-14-20(12-15-8-4-2-5-9-15)13-17(18)16-10-6-3-7-11-16/h2-11,17-18H,12-14H2,1H3/t17-,18-/m1/s1. The van der Waals surface area contributed by atoms with E-state index in [2.05, 4.69) is 41.3 Å². The van der Waals surface area contributed by atoms with Gasteiger partial charge in [-0.05, 0) is 11.1 Å². The zero-order valence-corrected chi connectivity index (χ0v) is 12.8. The first-order valence-corrected chi connectivity index (χ1v) is 7.67. The van der Waals surface area contributed by atoms with Crippen molar-refractivity contribution in [2.24, 2.45) is 5.92 Å². The summed E-state index contributed by atoms with van der Waals surface area (Å²) in [5.74, 6) is 0.0119. The highest BCUT2D eigenvalue weighted by Crippen LogP contribution is 2.34. The number of rotatable bonds is 4. The number of ether oxygens (including phenoxy) is 1. The molecular formula is C19H21NO2. The quantitative estimate of drug-likeness (QED) is 0.812. The minimum atomic E-state index is -0.107. The maximum absolute atomic E-state index is 12.1. The zero-order valence-electron chi connectivity index (χ0n) is 12.8. The van der Waals surface area contributed by atoms with E-state index in [0.717, 1.165) is 19.6 Å². The van der Waals surface area contributed by atoms with E-state index >= 15 is 0 Å². The van der Waals surface area contributed by atoms with Gasteiger partial charge in [0.2, 0.25) is 0 Å². The van der Waals surface area contributed by atoms with Crippen LogP contribution in [0, 0.1) is 5.92 Å². The van der Waals surface area contributed by atoms with E-state index in [1.165, 1.54) is 18.2 Å². The zero-order chi connectivity index (χ0) is 15.4. The third-order valence-electron chi connectivity index (χ3n) is 4.38. The molecule has 0 spiro atoms. The van der Waals surface area contributed by atoms with Crippen molar-refractivity contribution >= 4 is 5.97 Å². The fourth-order valence-electron chi connectivity index (χ4n) is 3.28. The highest BCUT2D eigenvalue weighted by atomic mass is 16.5. The molecule has 0 amide bonds. The maximum Gasteiger partial charge on any atom is 0.310 e. The lowest BCUT2D eigenvalue weighted by atomic mass is 9.89. The van der Waals surface area contributed by atoms with Crippen LogP contribution in [0.5, 0.6) is 0 Å². The molecule has 22 heavy (non-hydrogen) atoms. The molecule has 0 N–H and O–H groups in total. The molecule has 1 fully saturated rings. The van der Waals surface area contributed by atoms with Crippen LogP contribution in [0.2, 0.25) is 0 Å². The third-order valence-corrected chi connectivity index (χ3v) is 4.38. The van der Waals surface area contributed by atoms with Crippen LogP contribution in [-0.2, 0) is 16.1 Å². The molecule has 1 aliphatic heterocycles. The molecule has 0 radical (unpaired) electrons. The van der Waals surface area contributed by atoms with Gasteiger partial charge in [0.15, 0.2) is 0 Å². The van der Waals surface area contributed by atoms with Gasteiger partial charge in [0.1, 0.15) is 0 Å². The fraction of sp³-hybridized carbons (Fsp3) is 0.316. The molecule has 3 nitrogen and oxygen atoms in total. The molecule has 1 aliphatic rings. The van der Waals surface area contributed by atoms with Crippen molar-refractivity contribution in [1.82, 2.24) is 4.90 Å². The van der Waals surface area contributed by atoms with Crippen molar-refractivity contribution < 1.29 is 9.53 Å². The van der Waals surface area contributed by atoms with Crippen molar-refractivity contribution in [3.63, 3.8) is 0 Å². The highest BCUT2D eigenvalue weighted by molar-refractivity contribution is 5.74. The largest absolute Gasteiger partial charge is 0.469 e. The van der Waals surface area contributed by atoms with Gasteiger partial charge in [-0.15, -0.1) is 0 Å². The van der Waals surface area contributed by atoms with Crippen molar-refractivity contribution in [3.05, 3.63) is 71.8 Å². The minimum Gasteiger partial charge on any atom is -0.469 e. The van der Waals surface area contributed by atoms with Gasteiger partial charge in [-0.3, -0.25) is 9.69 Å². The van der Waals surface area contributed by atoms with Gasteiger partial charge >= 0.3 is 5.97 Å². The smallest absolute Gasteiger partial charge is 0.310 e. The molecule has 3 heteroatoms. The SMILES string of the molecule is COC(=O)[C@@H]1CN(Cc2ccccc2)C[C@@H]1c1ccccc1. The maximum atomic E-state index is 12.1. The first kappa shape index (κ1) is 14.8. The normalized spacial score (nSPS) is 21.7. The topological polar surface area (TPSA) is 29.5 Å². The Balaban J connectivity index is 1.78. The molecule has 1 heterocycles. The Morgan fingerprint density at radius 3 is 2.32 bits per heavy atom. The molecule has 0 aromatic heterocycles. The second kappa shape index (κ2) is 6.75. The Hall–Kier alpha value is -2.13. The molecule has 2 atom stereocenters. The van der Waals surface area contributed by atoms with Gasteiger partial charge in [0.05, 0.1) is 13.0 Å². The number of carbonyl (C=O) groups excluding carboxylic acids is 1. The Labute approximate surface area is 131 Å². The van der Waals surface area contributed by atoms with E-state index in [-0.39, 0.29) is 17.8 Å². The Bertz CT molecular complexity index is 612. The second-order valence-electron chi connectivity index (χ2n) is 5.83. The van der Waals surface area contributed by atoms with Crippen LogP contribution in [-0.4, -0.2) is 31.1 Å². The number of likely N-dealkylation sites (tertiary alicyclic amines) is 1. The molecule has 0 saturated carbocycles. The molecule has 2 aromatic rings. The predicted octanol–water partition coefficient (Wildman–Crippen LogP) is 3.08. The lowest BCUT2D eigenvalue weighted by Crippen LogP contribution is -2.24. The number of hydrogen-bond acceptors (Lipinski definition) is 3. The monoisotopic (exact) mass is 295 g/mol. The summed E-state index contributed by atoms with van der Waals surface area (Å²) in [4.78, 5) is 14.5. The van der Waals surface area contributed by atoms with Gasteiger partial charge in [0, 0.05) is 25.6 Å². The van der Waals surface area contributed by atoms with Gasteiger partial charge in [-0.2, -0.15) is 0 Å². The molecular weight excluding hydrogens is 274 g/mol. The van der Waals surface area contributed by atoms with Gasteiger partial charge in [-0.1, -0.05) is 60.7 Å². The number of benzene rings is 2. The minimum absolute atomic E-state index is 0.0869. The molecule has 2 aromatic carbocycles. The summed E-state index contributed by atoms with van der Waals surface area (Å²) in [7, 11) is 1.48. The third kappa shape index (κ3) is 3.20. The molecule has 0 bridgehead atoms. The van der Waals surface area contributed by atoms with E-state index in [9.17, 15) is 4.79 Å². The molecule has 3 rings (SSSR count). The summed E-state index contributed by atoms with van der Waals surface area (Å²) in [5, 5.41) is 0. The molecule has 0 unspecified atom stereocenters. The average molecular weight is 295 g/mol. The lowest BCUT2D eigenvalue weighted by Gasteiger charge is -2.16. The van der Waals surface area contributed by atoms with Crippen LogP contribution >= 0.6 is 0 Å². The first-order chi connectivity index (χ1) is 10.8. The summed E-state index contributed by atoms with van der Waals surface area (Å²) in [6.07, 6.45) is 0. The van der Waals surface area contributed by atoms with Gasteiger partial charge < -0.3 is 4.74 Å². The summed E-state index contributed by atoms with van der Waals surface area (Å²) >= 11 is 0. The van der Waals surface area contributed by atoms with Crippen LogP contribution in [0.4, 0.5) is 0 Å². The number of methoxy groups -OCH3 is 1.